The van der Waals surface area contributed by atoms with Crippen molar-refractivity contribution in [2.75, 3.05) is 17.9 Å². The SMILES string of the molecule is COc1ccc(N=Nc2ccc(/C=C/c3ccc(NNC4=CC(=O)/C(=N\N=C5\C=Cc6c(S(=O)(=O)O)ccc(NC(C)=O)c6C5=O)c5ccc(S(=O)(=O)O)cc54)cc3S(=O)(=O)O)c(S(=O)(=O)O)c2)cc1. The van der Waals surface area contributed by atoms with Gasteiger partial charge in [0, 0.05) is 29.7 Å². The van der Waals surface area contributed by atoms with Gasteiger partial charge in [-0.3, -0.25) is 32.6 Å². The number of nitrogens with one attached hydrogen (secondary N) is 3. The van der Waals surface area contributed by atoms with E-state index in [-0.39, 0.29) is 56.1 Å². The van der Waals surface area contributed by atoms with Crippen molar-refractivity contribution in [1.82, 2.24) is 5.43 Å². The van der Waals surface area contributed by atoms with Crippen molar-refractivity contribution >= 4 is 116 Å². The van der Waals surface area contributed by atoms with Crippen LogP contribution in [0.3, 0.4) is 0 Å². The molecule has 5 aromatic carbocycles. The summed E-state index contributed by atoms with van der Waals surface area (Å²) in [5.41, 5.74) is 3.23. The van der Waals surface area contributed by atoms with Gasteiger partial charge in [0.15, 0.2) is 0 Å². The van der Waals surface area contributed by atoms with Gasteiger partial charge >= 0.3 is 0 Å². The number of benzene rings is 5. The monoisotopic (exact) mass is 1030 g/mol. The summed E-state index contributed by atoms with van der Waals surface area (Å²) in [4.78, 5) is 36.6. The van der Waals surface area contributed by atoms with E-state index in [4.69, 9.17) is 4.74 Å². The predicted molar refractivity (Wildman–Crippen MR) is 253 cm³/mol. The van der Waals surface area contributed by atoms with E-state index in [9.17, 15) is 66.3 Å². The second kappa shape index (κ2) is 19.2. The number of fused-ring (bicyclic) bond motifs is 2. The number of ketones is 2. The van der Waals surface area contributed by atoms with Crippen LogP contribution in [-0.4, -0.2) is 87.9 Å². The Kier molecular flexibility index (Phi) is 13.7. The van der Waals surface area contributed by atoms with Crippen LogP contribution in [0, 0.1) is 0 Å². The highest BCUT2D eigenvalue weighted by Gasteiger charge is 2.31. The Morgan fingerprint density at radius 1 is 0.629 bits per heavy atom. The van der Waals surface area contributed by atoms with Crippen LogP contribution < -0.4 is 20.9 Å². The molecule has 0 atom stereocenters. The average molecular weight is 1030 g/mol. The smallest absolute Gasteiger partial charge is 0.295 e. The number of azo groups is 1. The minimum Gasteiger partial charge on any atom is -0.497 e. The van der Waals surface area contributed by atoms with Gasteiger partial charge in [0.05, 0.1) is 46.0 Å². The molecule has 0 radical (unpaired) electrons. The topological polar surface area (TPSA) is 363 Å². The quantitative estimate of drug-likeness (QED) is 0.0298. The molecule has 70 heavy (non-hydrogen) atoms. The van der Waals surface area contributed by atoms with Gasteiger partial charge in [-0.25, -0.2) is 0 Å². The molecule has 1 amide bonds. The molecule has 7 N–H and O–H groups in total. The fourth-order valence-electron chi connectivity index (χ4n) is 6.81. The highest BCUT2D eigenvalue weighted by atomic mass is 32.2. The molecule has 0 bridgehead atoms. The molecular formula is C43H33N7O16S4. The number of ether oxygens (including phenoxy) is 1. The zero-order valence-electron chi connectivity index (χ0n) is 35.7. The first-order chi connectivity index (χ1) is 32.8. The van der Waals surface area contributed by atoms with Crippen molar-refractivity contribution in [2.24, 2.45) is 20.4 Å². The van der Waals surface area contributed by atoms with Crippen LogP contribution >= 0.6 is 0 Å². The molecule has 2 aliphatic rings. The molecule has 360 valence electrons. The maximum atomic E-state index is 13.7. The highest BCUT2D eigenvalue weighted by Crippen LogP contribution is 2.34. The average Bonchev–Trinajstić information content (AvgIpc) is 3.28. The number of carbonyl (C=O) groups is 3. The summed E-state index contributed by atoms with van der Waals surface area (Å²) in [5, 5.41) is 18.3. The van der Waals surface area contributed by atoms with E-state index < -0.39 is 89.0 Å². The lowest BCUT2D eigenvalue weighted by atomic mass is 9.92. The third kappa shape index (κ3) is 11.2. The van der Waals surface area contributed by atoms with Crippen molar-refractivity contribution in [3.8, 4) is 5.75 Å². The number of hydrazine groups is 1. The molecule has 0 aliphatic heterocycles. The second-order valence-electron chi connectivity index (χ2n) is 14.7. The molecule has 7 rings (SSSR count). The van der Waals surface area contributed by atoms with Crippen LogP contribution in [0.4, 0.5) is 22.7 Å². The van der Waals surface area contributed by atoms with E-state index in [1.807, 2.05) is 0 Å². The highest BCUT2D eigenvalue weighted by molar-refractivity contribution is 7.86. The number of anilines is 2. The van der Waals surface area contributed by atoms with Crippen LogP contribution in [0.1, 0.15) is 45.1 Å². The summed E-state index contributed by atoms with van der Waals surface area (Å²) in [5.74, 6) is -1.93. The van der Waals surface area contributed by atoms with E-state index in [1.54, 1.807) is 24.3 Å². The summed E-state index contributed by atoms with van der Waals surface area (Å²) in [6, 6.07) is 18.6. The van der Waals surface area contributed by atoms with E-state index in [1.165, 1.54) is 31.4 Å². The number of carbonyl (C=O) groups excluding carboxylic acids is 3. The summed E-state index contributed by atoms with van der Waals surface area (Å²) in [6.45, 7) is 1.13. The van der Waals surface area contributed by atoms with Crippen molar-refractivity contribution in [3.05, 3.63) is 137 Å². The first-order valence-corrected chi connectivity index (χ1v) is 25.3. The van der Waals surface area contributed by atoms with E-state index in [2.05, 4.69) is 36.6 Å². The van der Waals surface area contributed by atoms with Gasteiger partial charge in [-0.1, -0.05) is 36.4 Å². The number of rotatable bonds is 14. The number of nitrogens with zero attached hydrogens (tertiary/aromatic N) is 4. The van der Waals surface area contributed by atoms with Crippen LogP contribution in [0.25, 0.3) is 23.9 Å². The van der Waals surface area contributed by atoms with Crippen LogP contribution in [0.2, 0.25) is 0 Å². The van der Waals surface area contributed by atoms with Crippen LogP contribution in [0.5, 0.6) is 5.75 Å². The van der Waals surface area contributed by atoms with E-state index in [0.717, 1.165) is 79.8 Å². The maximum Gasteiger partial charge on any atom is 0.295 e. The Balaban J connectivity index is 1.18. The third-order valence-electron chi connectivity index (χ3n) is 9.97. The number of hydrogen-bond acceptors (Lipinski definition) is 18. The molecule has 0 saturated carbocycles. The molecule has 0 heterocycles. The largest absolute Gasteiger partial charge is 0.497 e. The van der Waals surface area contributed by atoms with Crippen molar-refractivity contribution in [2.45, 2.75) is 26.5 Å². The number of hydrogen-bond donors (Lipinski definition) is 7. The minimum absolute atomic E-state index is 0.0338. The first-order valence-electron chi connectivity index (χ1n) is 19.5. The summed E-state index contributed by atoms with van der Waals surface area (Å²) < 4.78 is 144. The summed E-state index contributed by atoms with van der Waals surface area (Å²) in [7, 11) is -18.1. The summed E-state index contributed by atoms with van der Waals surface area (Å²) >= 11 is 0. The Labute approximate surface area is 397 Å². The van der Waals surface area contributed by atoms with Gasteiger partial charge in [0.25, 0.3) is 40.5 Å². The second-order valence-corrected chi connectivity index (χ2v) is 20.3. The molecule has 0 spiro atoms. The molecule has 0 fully saturated rings. The third-order valence-corrected chi connectivity index (χ3v) is 13.5. The Morgan fingerprint density at radius 2 is 1.24 bits per heavy atom. The van der Waals surface area contributed by atoms with E-state index in [0.29, 0.717) is 11.4 Å². The van der Waals surface area contributed by atoms with Crippen molar-refractivity contribution in [1.29, 1.82) is 0 Å². The molecule has 0 aromatic heterocycles. The molecule has 0 saturated heterocycles. The van der Waals surface area contributed by atoms with Crippen molar-refractivity contribution < 1.29 is 71.0 Å². The van der Waals surface area contributed by atoms with Gasteiger partial charge in [-0.15, -0.1) is 10.2 Å². The van der Waals surface area contributed by atoms with Gasteiger partial charge in [0.1, 0.15) is 31.9 Å². The Bertz CT molecular complexity index is 3740. The fraction of sp³-hybridized carbons (Fsp3) is 0.0465. The summed E-state index contributed by atoms with van der Waals surface area (Å²) in [6.07, 6.45) is 5.34. The maximum absolute atomic E-state index is 13.7. The Morgan fingerprint density at radius 3 is 1.86 bits per heavy atom. The molecular weight excluding hydrogens is 999 g/mol. The van der Waals surface area contributed by atoms with Gasteiger partial charge in [-0.2, -0.15) is 43.9 Å². The first kappa shape index (κ1) is 50.0. The fourth-order valence-corrected chi connectivity index (χ4v) is 9.42. The van der Waals surface area contributed by atoms with E-state index >= 15 is 0 Å². The number of amides is 1. The lowest BCUT2D eigenvalue weighted by Crippen LogP contribution is -2.28. The normalized spacial score (nSPS) is 15.3. The van der Waals surface area contributed by atoms with Gasteiger partial charge in [-0.05, 0) is 90.0 Å². The van der Waals surface area contributed by atoms with Crippen LogP contribution in [-0.2, 0) is 50.1 Å². The van der Waals surface area contributed by atoms with Gasteiger partial charge < -0.3 is 20.9 Å². The predicted octanol–water partition coefficient (Wildman–Crippen LogP) is 5.82. The zero-order valence-corrected chi connectivity index (χ0v) is 38.9. The standard InChI is InChI=1S/C43H33N7O16S4/c1-23(51)44-34-17-18-38(68(57,58)59)32-15-16-35(43(53)41(32)34)48-50-42-31-14-13-30(67(54,55)56)21-33(31)36(22-37(42)52)49-47-28-8-6-25(40(20-28)70(63,64)65)4-3-24-5-7-27(19-39(24)69(60,61)62)46-45-26-9-11-29(66-2)12-10-26/h3-22,47,49H,1-2H3,(H,44,51)(H,54,55,56)(H,57,58,59)(H,60,61,62)(H,63,64,65)/b4-3+,46-45?,48-35-,50-42-. The number of methoxy groups -OCH3 is 1. The van der Waals surface area contributed by atoms with Gasteiger partial charge in [0.2, 0.25) is 17.5 Å². The van der Waals surface area contributed by atoms with Crippen molar-refractivity contribution in [3.63, 3.8) is 0 Å². The number of allylic oxidation sites excluding steroid dienone is 2. The molecule has 23 nitrogen and oxygen atoms in total. The minimum atomic E-state index is -5.02. The number of Topliss-reactive ketones (excluding diaryl/α,β-unsaturated/α-hetero) is 1. The molecule has 5 aromatic rings. The Hall–Kier alpha value is -7.89. The van der Waals surface area contributed by atoms with Crippen LogP contribution in [0.15, 0.2) is 143 Å². The molecule has 0 unspecified atom stereocenters. The lowest BCUT2D eigenvalue weighted by Gasteiger charge is -2.21. The lowest BCUT2D eigenvalue weighted by molar-refractivity contribution is -0.114. The zero-order chi connectivity index (χ0) is 50.9. The molecule has 27 heteroatoms. The molecule has 2 aliphatic carbocycles.